The molecule has 1 N–H and O–H groups in total. The first kappa shape index (κ1) is 20.7. The molecule has 0 aliphatic rings. The molecule has 4 aromatic rings. The minimum atomic E-state index is -0.561. The van der Waals surface area contributed by atoms with Gasteiger partial charge in [-0.25, -0.2) is 0 Å². The number of nitrogens with one attached hydrogen (secondary N) is 1. The Hall–Kier alpha value is -4.52. The van der Waals surface area contributed by atoms with Gasteiger partial charge in [-0.2, -0.15) is 0 Å². The normalized spacial score (nSPS) is 11.0. The smallest absolute Gasteiger partial charge is 0.270 e. The first-order valence-electron chi connectivity index (χ1n) is 9.74. The number of pyridine rings is 1. The minimum Gasteiger partial charge on any atom is -0.497 e. The van der Waals surface area contributed by atoms with Crippen molar-refractivity contribution in [1.29, 1.82) is 0 Å². The number of H-pyrrole nitrogens is 1. The number of ketones is 1. The average Bonchev–Trinajstić information content (AvgIpc) is 2.82. The summed E-state index contributed by atoms with van der Waals surface area (Å²) in [6.45, 7) is 0. The summed E-state index contributed by atoms with van der Waals surface area (Å²) in [4.78, 5) is 39.6. The summed E-state index contributed by atoms with van der Waals surface area (Å²) in [5, 5.41) is 11.8. The molecule has 7 heteroatoms. The van der Waals surface area contributed by atoms with Crippen molar-refractivity contribution in [3.05, 3.63) is 110 Å². The lowest BCUT2D eigenvalue weighted by Gasteiger charge is -2.11. The standard InChI is InChI=1S/C25H18N2O5/c1-32-19-11-7-16(8-12-19)9-14-22(28)24-23(17-5-3-2-4-6-17)20-15-18(27(30)31)10-13-21(20)26-25(24)29/h2-15H,1H3,(H,26,29). The van der Waals surface area contributed by atoms with Crippen molar-refractivity contribution in [2.75, 3.05) is 7.11 Å². The summed E-state index contributed by atoms with van der Waals surface area (Å²) in [6.07, 6.45) is 2.93. The maximum atomic E-state index is 13.2. The van der Waals surface area contributed by atoms with E-state index in [2.05, 4.69) is 4.98 Å². The molecule has 1 heterocycles. The fourth-order valence-corrected chi connectivity index (χ4v) is 3.50. The molecule has 0 atom stereocenters. The number of ether oxygens (including phenoxy) is 1. The van der Waals surface area contributed by atoms with Gasteiger partial charge in [0.05, 0.1) is 17.6 Å². The van der Waals surface area contributed by atoms with E-state index in [0.717, 1.165) is 5.56 Å². The van der Waals surface area contributed by atoms with Crippen LogP contribution >= 0.6 is 0 Å². The number of allylic oxidation sites excluding steroid dienone is 1. The van der Waals surface area contributed by atoms with E-state index in [0.29, 0.717) is 27.8 Å². The van der Waals surface area contributed by atoms with Crippen LogP contribution in [0.15, 0.2) is 83.7 Å². The molecule has 0 saturated carbocycles. The van der Waals surface area contributed by atoms with Crippen LogP contribution in [-0.4, -0.2) is 22.8 Å². The van der Waals surface area contributed by atoms with E-state index >= 15 is 0 Å². The third kappa shape index (κ3) is 4.04. The summed E-state index contributed by atoms with van der Waals surface area (Å²) >= 11 is 0. The van der Waals surface area contributed by atoms with E-state index < -0.39 is 16.3 Å². The molecule has 1 aromatic heterocycles. The lowest BCUT2D eigenvalue weighted by atomic mass is 9.93. The highest BCUT2D eigenvalue weighted by Gasteiger charge is 2.21. The fourth-order valence-electron chi connectivity index (χ4n) is 3.50. The van der Waals surface area contributed by atoms with E-state index in [1.807, 2.05) is 6.07 Å². The Morgan fingerprint density at radius 1 is 1.03 bits per heavy atom. The van der Waals surface area contributed by atoms with Crippen LogP contribution in [0.1, 0.15) is 15.9 Å². The number of hydrogen-bond acceptors (Lipinski definition) is 5. The van der Waals surface area contributed by atoms with E-state index in [1.165, 1.54) is 24.3 Å². The van der Waals surface area contributed by atoms with Gasteiger partial charge in [-0.15, -0.1) is 0 Å². The Balaban J connectivity index is 1.90. The average molecular weight is 426 g/mol. The zero-order valence-corrected chi connectivity index (χ0v) is 17.1. The molecule has 32 heavy (non-hydrogen) atoms. The van der Waals surface area contributed by atoms with Gasteiger partial charge in [0.1, 0.15) is 5.75 Å². The number of methoxy groups -OCH3 is 1. The topological polar surface area (TPSA) is 102 Å². The van der Waals surface area contributed by atoms with E-state index in [1.54, 1.807) is 61.7 Å². The summed E-state index contributed by atoms with van der Waals surface area (Å²) in [5.41, 5.74) is 1.38. The van der Waals surface area contributed by atoms with Crippen molar-refractivity contribution in [3.8, 4) is 16.9 Å². The van der Waals surface area contributed by atoms with Crippen LogP contribution in [0.4, 0.5) is 5.69 Å². The Morgan fingerprint density at radius 3 is 2.41 bits per heavy atom. The van der Waals surface area contributed by atoms with Gasteiger partial charge in [-0.05, 0) is 35.4 Å². The van der Waals surface area contributed by atoms with Crippen LogP contribution in [0.5, 0.6) is 5.75 Å². The van der Waals surface area contributed by atoms with Crippen LogP contribution in [-0.2, 0) is 0 Å². The van der Waals surface area contributed by atoms with Crippen LogP contribution in [0.2, 0.25) is 0 Å². The Labute approximate surface area is 182 Å². The second kappa shape index (κ2) is 8.69. The molecule has 0 fully saturated rings. The summed E-state index contributed by atoms with van der Waals surface area (Å²) in [5.74, 6) is 0.182. The van der Waals surface area contributed by atoms with Crippen molar-refractivity contribution in [2.24, 2.45) is 0 Å². The molecule has 0 aliphatic carbocycles. The number of aromatic amines is 1. The quantitative estimate of drug-likeness (QED) is 0.202. The summed E-state index contributed by atoms with van der Waals surface area (Å²) in [6, 6.07) is 20.2. The number of fused-ring (bicyclic) bond motifs is 1. The van der Waals surface area contributed by atoms with Crippen molar-refractivity contribution >= 4 is 28.4 Å². The maximum absolute atomic E-state index is 13.2. The minimum absolute atomic E-state index is 0.0750. The number of nitrogens with zero attached hydrogens (tertiary/aromatic N) is 1. The number of aromatic nitrogens is 1. The van der Waals surface area contributed by atoms with Gasteiger partial charge in [0, 0.05) is 28.6 Å². The number of nitro groups is 1. The largest absolute Gasteiger partial charge is 0.497 e. The van der Waals surface area contributed by atoms with Gasteiger partial charge in [-0.1, -0.05) is 48.5 Å². The lowest BCUT2D eigenvalue weighted by Crippen LogP contribution is -2.18. The van der Waals surface area contributed by atoms with Gasteiger partial charge in [0.15, 0.2) is 5.78 Å². The molecule has 7 nitrogen and oxygen atoms in total. The predicted molar refractivity (Wildman–Crippen MR) is 123 cm³/mol. The molecule has 4 rings (SSSR count). The molecule has 0 radical (unpaired) electrons. The molecular formula is C25H18N2O5. The highest BCUT2D eigenvalue weighted by Crippen LogP contribution is 2.32. The summed E-state index contributed by atoms with van der Waals surface area (Å²) in [7, 11) is 1.57. The number of non-ortho nitro benzene ring substituents is 1. The van der Waals surface area contributed by atoms with Crippen molar-refractivity contribution < 1.29 is 14.5 Å². The molecule has 0 amide bonds. The van der Waals surface area contributed by atoms with Crippen molar-refractivity contribution in [3.63, 3.8) is 0 Å². The molecule has 0 saturated heterocycles. The van der Waals surface area contributed by atoms with E-state index in [-0.39, 0.29) is 11.3 Å². The molecule has 0 bridgehead atoms. The van der Waals surface area contributed by atoms with Crippen LogP contribution in [0.25, 0.3) is 28.1 Å². The van der Waals surface area contributed by atoms with Gasteiger partial charge in [0.2, 0.25) is 0 Å². The Kier molecular flexibility index (Phi) is 5.63. The van der Waals surface area contributed by atoms with Crippen LogP contribution in [0.3, 0.4) is 0 Å². The molecular weight excluding hydrogens is 408 g/mol. The zero-order valence-electron chi connectivity index (χ0n) is 17.1. The van der Waals surface area contributed by atoms with E-state index in [9.17, 15) is 19.7 Å². The number of rotatable bonds is 6. The predicted octanol–water partition coefficient (Wildman–Crippen LogP) is 5.01. The molecule has 3 aromatic carbocycles. The second-order valence-electron chi connectivity index (χ2n) is 7.03. The maximum Gasteiger partial charge on any atom is 0.270 e. The van der Waals surface area contributed by atoms with Gasteiger partial charge in [0.25, 0.3) is 11.2 Å². The highest BCUT2D eigenvalue weighted by atomic mass is 16.6. The van der Waals surface area contributed by atoms with E-state index in [4.69, 9.17) is 4.74 Å². The summed E-state index contributed by atoms with van der Waals surface area (Å²) < 4.78 is 5.13. The first-order chi connectivity index (χ1) is 15.5. The number of hydrogen-bond donors (Lipinski definition) is 1. The Bertz CT molecular complexity index is 1400. The molecule has 0 aliphatic heterocycles. The number of carbonyl (C=O) groups is 1. The van der Waals surface area contributed by atoms with Crippen LogP contribution in [0, 0.1) is 10.1 Å². The monoisotopic (exact) mass is 426 g/mol. The van der Waals surface area contributed by atoms with Crippen molar-refractivity contribution in [2.45, 2.75) is 0 Å². The Morgan fingerprint density at radius 2 is 1.75 bits per heavy atom. The highest BCUT2D eigenvalue weighted by molar-refractivity contribution is 6.15. The second-order valence-corrected chi connectivity index (χ2v) is 7.03. The zero-order chi connectivity index (χ0) is 22.7. The molecule has 0 spiro atoms. The van der Waals surface area contributed by atoms with Gasteiger partial charge >= 0.3 is 0 Å². The van der Waals surface area contributed by atoms with Crippen LogP contribution < -0.4 is 10.3 Å². The lowest BCUT2D eigenvalue weighted by molar-refractivity contribution is -0.384. The number of carbonyl (C=O) groups excluding carboxylic acids is 1. The van der Waals surface area contributed by atoms with Gasteiger partial charge < -0.3 is 9.72 Å². The number of nitro benzene ring substituents is 1. The molecule has 158 valence electrons. The number of benzene rings is 3. The first-order valence-corrected chi connectivity index (χ1v) is 9.74. The van der Waals surface area contributed by atoms with Crippen molar-refractivity contribution in [1.82, 2.24) is 4.98 Å². The molecule has 0 unspecified atom stereocenters. The third-order valence-corrected chi connectivity index (χ3v) is 5.06. The fraction of sp³-hybridized carbons (Fsp3) is 0.0400. The SMILES string of the molecule is COc1ccc(C=CC(=O)c2c(-c3ccccc3)c3cc([N+](=O)[O-])ccc3[nH]c2=O)cc1. The van der Waals surface area contributed by atoms with Gasteiger partial charge in [-0.3, -0.25) is 19.7 Å². The third-order valence-electron chi connectivity index (χ3n) is 5.06.